The first-order valence-electron chi connectivity index (χ1n) is 19.2. The Balaban J connectivity index is 1.08. The molecule has 0 aliphatic carbocycles. The van der Waals surface area contributed by atoms with Gasteiger partial charge in [-0.3, -0.25) is 0 Å². The van der Waals surface area contributed by atoms with Crippen molar-refractivity contribution in [3.63, 3.8) is 0 Å². The Hall–Kier alpha value is -7.42. The summed E-state index contributed by atoms with van der Waals surface area (Å²) in [5, 5.41) is 9.72. The van der Waals surface area contributed by atoms with Gasteiger partial charge >= 0.3 is 0 Å². The lowest BCUT2D eigenvalue weighted by molar-refractivity contribution is 0.669. The van der Waals surface area contributed by atoms with Gasteiger partial charge in [-0.05, 0) is 114 Å². The number of para-hydroxylation sites is 1. The molecule has 0 bridgehead atoms. The quantitative estimate of drug-likeness (QED) is 0.160. The van der Waals surface area contributed by atoms with E-state index in [2.05, 4.69) is 211 Å². The molecule has 2 heteroatoms. The molecule has 0 saturated carbocycles. The Bertz CT molecular complexity index is 3230. The fraction of sp³-hybridized carbons (Fsp3) is 0. The summed E-state index contributed by atoms with van der Waals surface area (Å²) < 4.78 is 6.41. The summed E-state index contributed by atoms with van der Waals surface area (Å²) in [6, 6.07) is 76.5. The molecule has 0 atom stereocenters. The zero-order valence-corrected chi connectivity index (χ0v) is 30.6. The lowest BCUT2D eigenvalue weighted by Crippen LogP contribution is -2.10. The second-order valence-corrected chi connectivity index (χ2v) is 14.4. The molecule has 0 N–H and O–H groups in total. The first-order valence-corrected chi connectivity index (χ1v) is 19.2. The minimum absolute atomic E-state index is 0.869. The maximum atomic E-state index is 6.41. The van der Waals surface area contributed by atoms with Crippen molar-refractivity contribution in [1.29, 1.82) is 0 Å². The first-order chi connectivity index (χ1) is 27.8. The number of fused-ring (bicyclic) bond motifs is 7. The fourth-order valence-corrected chi connectivity index (χ4v) is 8.67. The van der Waals surface area contributed by atoms with E-state index in [4.69, 9.17) is 4.42 Å². The molecule has 0 fully saturated rings. The molecule has 0 saturated heterocycles. The van der Waals surface area contributed by atoms with E-state index in [0.29, 0.717) is 0 Å². The maximum Gasteiger partial charge on any atom is 0.137 e. The molecule has 11 aromatic rings. The largest absolute Gasteiger partial charge is 0.456 e. The summed E-state index contributed by atoms with van der Waals surface area (Å²) in [6.07, 6.45) is 0. The fourth-order valence-electron chi connectivity index (χ4n) is 8.67. The van der Waals surface area contributed by atoms with Crippen molar-refractivity contribution in [3.8, 4) is 33.4 Å². The van der Waals surface area contributed by atoms with Gasteiger partial charge < -0.3 is 9.32 Å². The Morgan fingerprint density at radius 3 is 1.64 bits per heavy atom. The van der Waals surface area contributed by atoms with E-state index < -0.39 is 0 Å². The van der Waals surface area contributed by atoms with Crippen LogP contribution in [0.4, 0.5) is 17.1 Å². The van der Waals surface area contributed by atoms with Crippen LogP contribution in [0.15, 0.2) is 217 Å². The summed E-state index contributed by atoms with van der Waals surface area (Å²) in [4.78, 5) is 2.37. The van der Waals surface area contributed by atoms with Gasteiger partial charge in [0.15, 0.2) is 0 Å². The molecule has 1 aromatic heterocycles. The van der Waals surface area contributed by atoms with Gasteiger partial charge in [-0.15, -0.1) is 0 Å². The molecular weight excluding hydrogens is 679 g/mol. The lowest BCUT2D eigenvalue weighted by atomic mass is 9.90. The summed E-state index contributed by atoms with van der Waals surface area (Å²) >= 11 is 0. The van der Waals surface area contributed by atoms with Crippen LogP contribution in [0.1, 0.15) is 0 Å². The highest BCUT2D eigenvalue weighted by atomic mass is 16.3. The van der Waals surface area contributed by atoms with E-state index in [1.54, 1.807) is 0 Å². The Kier molecular flexibility index (Phi) is 7.53. The number of rotatable bonds is 6. The molecule has 0 aliphatic heterocycles. The predicted molar refractivity (Wildman–Crippen MR) is 237 cm³/mol. The van der Waals surface area contributed by atoms with Crippen LogP contribution in [0.3, 0.4) is 0 Å². The van der Waals surface area contributed by atoms with Gasteiger partial charge in [0.05, 0.1) is 11.1 Å². The number of nitrogens with zero attached hydrogens (tertiary/aromatic N) is 1. The molecule has 10 aromatic carbocycles. The minimum Gasteiger partial charge on any atom is -0.456 e. The highest BCUT2D eigenvalue weighted by Crippen LogP contribution is 2.45. The van der Waals surface area contributed by atoms with Crippen LogP contribution >= 0.6 is 0 Å². The smallest absolute Gasteiger partial charge is 0.137 e. The number of furan rings is 1. The van der Waals surface area contributed by atoms with E-state index in [1.165, 1.54) is 65.7 Å². The molecule has 2 nitrogen and oxygen atoms in total. The van der Waals surface area contributed by atoms with E-state index >= 15 is 0 Å². The summed E-state index contributed by atoms with van der Waals surface area (Å²) in [7, 11) is 0. The first kappa shape index (κ1) is 32.0. The Labute approximate surface area is 325 Å². The van der Waals surface area contributed by atoms with E-state index in [9.17, 15) is 0 Å². The highest BCUT2D eigenvalue weighted by molar-refractivity contribution is 6.15. The summed E-state index contributed by atoms with van der Waals surface area (Å²) in [5.74, 6) is 0. The minimum atomic E-state index is 0.869. The average molecular weight is 714 g/mol. The van der Waals surface area contributed by atoms with Crippen LogP contribution < -0.4 is 4.90 Å². The standard InChI is InChI=1S/C54H35NO/c1-2-14-39(15-3-1)53-44-18-7-4-13-36(44)29-34-45(53)37-25-30-41(31-26-37)55(50-22-12-24-52-54(50)48-21-10-11-23-51(48)56-52)42-32-27-38(28-33-42)49-35-40-16-5-6-17-43(40)46-19-8-9-20-47(46)49/h1-35H. The maximum absolute atomic E-state index is 6.41. The van der Waals surface area contributed by atoms with Crippen LogP contribution in [0, 0.1) is 0 Å². The molecule has 0 aliphatic rings. The third kappa shape index (κ3) is 5.26. The average Bonchev–Trinajstić information content (AvgIpc) is 3.66. The van der Waals surface area contributed by atoms with Crippen LogP contribution in [-0.2, 0) is 0 Å². The van der Waals surface area contributed by atoms with Crippen molar-refractivity contribution < 1.29 is 4.42 Å². The molecular formula is C54H35NO. The van der Waals surface area contributed by atoms with Gasteiger partial charge in [0, 0.05) is 16.8 Å². The van der Waals surface area contributed by atoms with Crippen molar-refractivity contribution in [2.75, 3.05) is 4.90 Å². The summed E-state index contributed by atoms with van der Waals surface area (Å²) in [6.45, 7) is 0. The van der Waals surface area contributed by atoms with E-state index in [-0.39, 0.29) is 0 Å². The molecule has 0 amide bonds. The number of benzene rings is 10. The molecule has 0 unspecified atom stereocenters. The van der Waals surface area contributed by atoms with Crippen LogP contribution in [0.5, 0.6) is 0 Å². The van der Waals surface area contributed by atoms with Gasteiger partial charge in [0.1, 0.15) is 11.2 Å². The Morgan fingerprint density at radius 2 is 0.893 bits per heavy atom. The van der Waals surface area contributed by atoms with Gasteiger partial charge in [0.25, 0.3) is 0 Å². The lowest BCUT2D eigenvalue weighted by Gasteiger charge is -2.27. The molecule has 56 heavy (non-hydrogen) atoms. The highest BCUT2D eigenvalue weighted by Gasteiger charge is 2.20. The number of hydrogen-bond donors (Lipinski definition) is 0. The van der Waals surface area contributed by atoms with Crippen LogP contribution in [0.2, 0.25) is 0 Å². The molecule has 11 rings (SSSR count). The molecule has 1 heterocycles. The normalized spacial score (nSPS) is 11.6. The van der Waals surface area contributed by atoms with E-state index in [1.807, 2.05) is 6.07 Å². The zero-order chi connectivity index (χ0) is 37.0. The van der Waals surface area contributed by atoms with Crippen molar-refractivity contribution in [3.05, 3.63) is 212 Å². The predicted octanol–water partition coefficient (Wildman–Crippen LogP) is 15.5. The van der Waals surface area contributed by atoms with Gasteiger partial charge in [-0.25, -0.2) is 0 Å². The molecule has 0 radical (unpaired) electrons. The van der Waals surface area contributed by atoms with Crippen molar-refractivity contribution in [1.82, 2.24) is 0 Å². The molecule has 262 valence electrons. The van der Waals surface area contributed by atoms with Crippen LogP contribution in [-0.4, -0.2) is 0 Å². The molecule has 0 spiro atoms. The van der Waals surface area contributed by atoms with Crippen LogP contribution in [0.25, 0.3) is 87.6 Å². The van der Waals surface area contributed by atoms with Gasteiger partial charge in [-0.2, -0.15) is 0 Å². The third-order valence-corrected chi connectivity index (χ3v) is 11.3. The second kappa shape index (κ2) is 13.2. The Morgan fingerprint density at radius 1 is 0.321 bits per heavy atom. The zero-order valence-electron chi connectivity index (χ0n) is 30.6. The topological polar surface area (TPSA) is 16.4 Å². The van der Waals surface area contributed by atoms with Crippen molar-refractivity contribution in [2.45, 2.75) is 0 Å². The van der Waals surface area contributed by atoms with Gasteiger partial charge in [-0.1, -0.05) is 164 Å². The monoisotopic (exact) mass is 713 g/mol. The van der Waals surface area contributed by atoms with Gasteiger partial charge in [0.2, 0.25) is 0 Å². The number of hydrogen-bond acceptors (Lipinski definition) is 2. The van der Waals surface area contributed by atoms with E-state index in [0.717, 1.165) is 39.0 Å². The second-order valence-electron chi connectivity index (χ2n) is 14.4. The third-order valence-electron chi connectivity index (χ3n) is 11.3. The van der Waals surface area contributed by atoms with Crippen molar-refractivity contribution >= 4 is 71.3 Å². The SMILES string of the molecule is c1ccc(-c2c(-c3ccc(N(c4ccc(-c5cc6ccccc6c6ccccc56)cc4)c4cccc5oc6ccccc6c45)cc3)ccc3ccccc23)cc1. The van der Waals surface area contributed by atoms with Crippen molar-refractivity contribution in [2.24, 2.45) is 0 Å². The number of anilines is 3. The summed E-state index contributed by atoms with van der Waals surface area (Å²) in [5.41, 5.74) is 12.2.